The maximum atomic E-state index is 12.9. The van der Waals surface area contributed by atoms with Gasteiger partial charge in [-0.05, 0) is 38.0 Å². The van der Waals surface area contributed by atoms with Crippen LogP contribution in [0.25, 0.3) is 15.9 Å². The summed E-state index contributed by atoms with van der Waals surface area (Å²) in [4.78, 5) is 16.2. The van der Waals surface area contributed by atoms with Gasteiger partial charge in [0.15, 0.2) is 0 Å². The molecule has 2 aromatic heterocycles. The lowest BCUT2D eigenvalue weighted by Crippen LogP contribution is -2.33. The van der Waals surface area contributed by atoms with E-state index in [-0.39, 0.29) is 12.0 Å². The second kappa shape index (κ2) is 7.02. The summed E-state index contributed by atoms with van der Waals surface area (Å²) in [6, 6.07) is 9.53. The van der Waals surface area contributed by atoms with Crippen LogP contribution >= 0.6 is 22.9 Å². The van der Waals surface area contributed by atoms with E-state index in [2.05, 4.69) is 5.10 Å². The van der Waals surface area contributed by atoms with Crippen LogP contribution in [-0.2, 0) is 4.74 Å². The molecule has 1 amide bonds. The number of para-hydroxylation sites is 1. The van der Waals surface area contributed by atoms with Gasteiger partial charge in [-0.1, -0.05) is 23.7 Å². The van der Waals surface area contributed by atoms with Crippen molar-refractivity contribution < 1.29 is 9.53 Å². The molecule has 136 valence electrons. The van der Waals surface area contributed by atoms with Gasteiger partial charge < -0.3 is 9.64 Å². The second-order valence-electron chi connectivity index (χ2n) is 6.60. The highest BCUT2D eigenvalue weighted by Gasteiger charge is 2.23. The van der Waals surface area contributed by atoms with Gasteiger partial charge in [0.1, 0.15) is 4.83 Å². The summed E-state index contributed by atoms with van der Waals surface area (Å²) in [5.74, 6) is 0.0202. The Hall–Kier alpha value is -1.89. The van der Waals surface area contributed by atoms with Crippen LogP contribution in [-0.4, -0.2) is 46.9 Å². The van der Waals surface area contributed by atoms with Crippen molar-refractivity contribution in [2.24, 2.45) is 0 Å². The average molecular weight is 390 g/mol. The van der Waals surface area contributed by atoms with E-state index in [0.29, 0.717) is 16.4 Å². The molecule has 1 aliphatic rings. The van der Waals surface area contributed by atoms with Crippen LogP contribution in [0.4, 0.5) is 0 Å². The number of halogens is 1. The number of carbonyl (C=O) groups is 1. The predicted molar refractivity (Wildman–Crippen MR) is 105 cm³/mol. The molecule has 1 aliphatic heterocycles. The first-order valence-corrected chi connectivity index (χ1v) is 9.85. The lowest BCUT2D eigenvalue weighted by atomic mass is 10.2. The third-order valence-corrected chi connectivity index (χ3v) is 6.10. The zero-order chi connectivity index (χ0) is 18.3. The molecule has 1 fully saturated rings. The van der Waals surface area contributed by atoms with E-state index in [9.17, 15) is 4.79 Å². The van der Waals surface area contributed by atoms with Gasteiger partial charge in [-0.25, -0.2) is 4.68 Å². The molecular weight excluding hydrogens is 370 g/mol. The Morgan fingerprint density at radius 1 is 1.46 bits per heavy atom. The quantitative estimate of drug-likeness (QED) is 0.668. The molecule has 26 heavy (non-hydrogen) atoms. The van der Waals surface area contributed by atoms with Gasteiger partial charge in [0.25, 0.3) is 5.91 Å². The molecule has 4 rings (SSSR count). The molecule has 5 nitrogen and oxygen atoms in total. The predicted octanol–water partition coefficient (Wildman–Crippen LogP) is 4.30. The van der Waals surface area contributed by atoms with Gasteiger partial charge in [-0.15, -0.1) is 11.3 Å². The van der Waals surface area contributed by atoms with E-state index in [1.54, 1.807) is 4.90 Å². The third kappa shape index (κ3) is 3.13. The average Bonchev–Trinajstić information content (AvgIpc) is 3.34. The van der Waals surface area contributed by atoms with Crippen molar-refractivity contribution in [3.63, 3.8) is 0 Å². The lowest BCUT2D eigenvalue weighted by molar-refractivity contribution is 0.0591. The molecule has 0 bridgehead atoms. The van der Waals surface area contributed by atoms with Crippen molar-refractivity contribution in [3.05, 3.63) is 45.9 Å². The standard InChI is InChI=1S/C19H20ClN3O2S/c1-12-14-10-17(18(24)22(2)11-13-6-5-9-25-13)26-19(14)23(21-12)16-8-4-3-7-15(16)20/h3-4,7-8,10,13H,5-6,9,11H2,1-2H3. The Balaban J connectivity index is 1.66. The number of thiophene rings is 1. The highest BCUT2D eigenvalue weighted by molar-refractivity contribution is 7.20. The number of ether oxygens (including phenoxy) is 1. The fourth-order valence-electron chi connectivity index (χ4n) is 3.30. The normalized spacial score (nSPS) is 17.1. The topological polar surface area (TPSA) is 47.4 Å². The highest BCUT2D eigenvalue weighted by Crippen LogP contribution is 2.33. The molecule has 1 atom stereocenters. The number of amides is 1. The van der Waals surface area contributed by atoms with E-state index >= 15 is 0 Å². The molecule has 1 aromatic carbocycles. The van der Waals surface area contributed by atoms with E-state index in [0.717, 1.165) is 41.0 Å². The van der Waals surface area contributed by atoms with Crippen LogP contribution in [0.3, 0.4) is 0 Å². The lowest BCUT2D eigenvalue weighted by Gasteiger charge is -2.20. The molecular formula is C19H20ClN3O2S. The zero-order valence-corrected chi connectivity index (χ0v) is 16.3. The maximum Gasteiger partial charge on any atom is 0.263 e. The number of rotatable bonds is 4. The Bertz CT molecular complexity index is 959. The summed E-state index contributed by atoms with van der Waals surface area (Å²) in [5, 5.41) is 6.23. The Morgan fingerprint density at radius 2 is 2.27 bits per heavy atom. The molecule has 1 unspecified atom stereocenters. The Labute approximate surface area is 161 Å². The molecule has 3 heterocycles. The number of aryl methyl sites for hydroxylation is 1. The van der Waals surface area contributed by atoms with Crippen LogP contribution < -0.4 is 0 Å². The molecule has 0 N–H and O–H groups in total. The number of hydrogen-bond acceptors (Lipinski definition) is 4. The SMILES string of the molecule is Cc1nn(-c2ccccc2Cl)c2sc(C(=O)N(C)CC3CCCO3)cc12. The Morgan fingerprint density at radius 3 is 3.00 bits per heavy atom. The van der Waals surface area contributed by atoms with Gasteiger partial charge in [0.2, 0.25) is 0 Å². The van der Waals surface area contributed by atoms with Crippen LogP contribution in [0, 0.1) is 6.92 Å². The van der Waals surface area contributed by atoms with E-state index in [4.69, 9.17) is 16.3 Å². The summed E-state index contributed by atoms with van der Waals surface area (Å²) < 4.78 is 7.47. The third-order valence-electron chi connectivity index (χ3n) is 4.68. The molecule has 1 saturated heterocycles. The number of hydrogen-bond donors (Lipinski definition) is 0. The monoisotopic (exact) mass is 389 g/mol. The minimum atomic E-state index is 0.0202. The van der Waals surface area contributed by atoms with Crippen molar-refractivity contribution in [1.82, 2.24) is 14.7 Å². The van der Waals surface area contributed by atoms with Crippen LogP contribution in [0.5, 0.6) is 0 Å². The van der Waals surface area contributed by atoms with Gasteiger partial charge >= 0.3 is 0 Å². The van der Waals surface area contributed by atoms with Gasteiger partial charge in [-0.3, -0.25) is 4.79 Å². The summed E-state index contributed by atoms with van der Waals surface area (Å²) in [7, 11) is 1.83. The summed E-state index contributed by atoms with van der Waals surface area (Å²) in [6.07, 6.45) is 2.24. The van der Waals surface area contributed by atoms with E-state index in [1.807, 2.05) is 49.0 Å². The fraction of sp³-hybridized carbons (Fsp3) is 0.368. The number of carbonyl (C=O) groups excluding carboxylic acids is 1. The molecule has 0 radical (unpaired) electrons. The smallest absolute Gasteiger partial charge is 0.263 e. The summed E-state index contributed by atoms with van der Waals surface area (Å²) in [5.41, 5.74) is 1.71. The van der Waals surface area contributed by atoms with Crippen LogP contribution in [0.15, 0.2) is 30.3 Å². The first-order valence-electron chi connectivity index (χ1n) is 8.65. The van der Waals surface area contributed by atoms with Crippen LogP contribution in [0.1, 0.15) is 28.2 Å². The van der Waals surface area contributed by atoms with Gasteiger partial charge in [0, 0.05) is 25.6 Å². The molecule has 3 aromatic rings. The molecule has 0 saturated carbocycles. The summed E-state index contributed by atoms with van der Waals surface area (Å²) in [6.45, 7) is 3.37. The number of benzene rings is 1. The van der Waals surface area contributed by atoms with Crippen molar-refractivity contribution in [1.29, 1.82) is 0 Å². The zero-order valence-electron chi connectivity index (χ0n) is 14.7. The summed E-state index contributed by atoms with van der Waals surface area (Å²) >= 11 is 7.79. The second-order valence-corrected chi connectivity index (χ2v) is 8.04. The number of likely N-dealkylation sites (N-methyl/N-ethyl adjacent to an activating group) is 1. The number of nitrogens with zero attached hydrogens (tertiary/aromatic N) is 3. The minimum Gasteiger partial charge on any atom is -0.376 e. The maximum absolute atomic E-state index is 12.9. The Kier molecular flexibility index (Phi) is 4.73. The first kappa shape index (κ1) is 17.5. The van der Waals surface area contributed by atoms with E-state index in [1.165, 1.54) is 11.3 Å². The van der Waals surface area contributed by atoms with Crippen molar-refractivity contribution in [3.8, 4) is 5.69 Å². The molecule has 0 spiro atoms. The molecule has 0 aliphatic carbocycles. The fourth-order valence-corrected chi connectivity index (χ4v) is 4.69. The molecule has 7 heteroatoms. The largest absolute Gasteiger partial charge is 0.376 e. The van der Waals surface area contributed by atoms with Crippen molar-refractivity contribution in [2.75, 3.05) is 20.2 Å². The van der Waals surface area contributed by atoms with Crippen molar-refractivity contribution in [2.45, 2.75) is 25.9 Å². The van der Waals surface area contributed by atoms with Gasteiger partial charge in [0.05, 0.1) is 27.4 Å². The number of aromatic nitrogens is 2. The highest BCUT2D eigenvalue weighted by atomic mass is 35.5. The number of fused-ring (bicyclic) bond motifs is 1. The minimum absolute atomic E-state index is 0.0202. The first-order chi connectivity index (χ1) is 12.5. The van der Waals surface area contributed by atoms with E-state index < -0.39 is 0 Å². The van der Waals surface area contributed by atoms with Crippen molar-refractivity contribution >= 4 is 39.1 Å². The van der Waals surface area contributed by atoms with Crippen LogP contribution in [0.2, 0.25) is 5.02 Å². The van der Waals surface area contributed by atoms with Gasteiger partial charge in [-0.2, -0.15) is 5.10 Å².